The van der Waals surface area contributed by atoms with Gasteiger partial charge < -0.3 is 10.1 Å². The second kappa shape index (κ2) is 6.29. The number of pyridine rings is 1. The molecule has 4 heteroatoms. The highest BCUT2D eigenvalue weighted by atomic mass is 19.1. The van der Waals surface area contributed by atoms with Crippen LogP contribution in [0.25, 0.3) is 0 Å². The van der Waals surface area contributed by atoms with Gasteiger partial charge in [0.25, 0.3) is 0 Å². The number of nitrogens with zero attached hydrogens (tertiary/aromatic N) is 1. The van der Waals surface area contributed by atoms with Crippen molar-refractivity contribution < 1.29 is 9.13 Å². The van der Waals surface area contributed by atoms with Gasteiger partial charge in [0.05, 0.1) is 19.3 Å². The van der Waals surface area contributed by atoms with Crippen LogP contribution in [0.2, 0.25) is 0 Å². The number of methoxy groups -OCH3 is 1. The van der Waals surface area contributed by atoms with Crippen molar-refractivity contribution in [2.75, 3.05) is 13.7 Å². The smallest absolute Gasteiger partial charge is 0.142 e. The molecule has 1 unspecified atom stereocenters. The van der Waals surface area contributed by atoms with E-state index in [1.165, 1.54) is 12.1 Å². The van der Waals surface area contributed by atoms with Gasteiger partial charge >= 0.3 is 0 Å². The normalized spacial score (nSPS) is 12.2. The van der Waals surface area contributed by atoms with E-state index in [4.69, 9.17) is 4.74 Å². The standard InChI is InChI=1S/C15H17FN2O/c1-3-18-15(11-4-6-12(16)7-5-11)13-8-9-17-10-14(13)19-2/h4-10,15,18H,3H2,1-2H3. The molecule has 1 atom stereocenters. The summed E-state index contributed by atoms with van der Waals surface area (Å²) in [7, 11) is 1.62. The monoisotopic (exact) mass is 260 g/mol. The molecule has 0 aliphatic heterocycles. The van der Waals surface area contributed by atoms with Crippen LogP contribution in [-0.4, -0.2) is 18.6 Å². The Labute approximate surface area is 112 Å². The molecule has 100 valence electrons. The molecule has 1 heterocycles. The highest BCUT2D eigenvalue weighted by Crippen LogP contribution is 2.29. The molecule has 0 amide bonds. The Bertz CT molecular complexity index is 528. The van der Waals surface area contributed by atoms with Crippen molar-refractivity contribution in [1.29, 1.82) is 0 Å². The van der Waals surface area contributed by atoms with Crippen LogP contribution in [0, 0.1) is 5.82 Å². The summed E-state index contributed by atoms with van der Waals surface area (Å²) >= 11 is 0. The van der Waals surface area contributed by atoms with Crippen molar-refractivity contribution in [1.82, 2.24) is 10.3 Å². The number of aromatic nitrogens is 1. The number of hydrogen-bond acceptors (Lipinski definition) is 3. The quantitative estimate of drug-likeness (QED) is 0.897. The van der Waals surface area contributed by atoms with E-state index in [1.807, 2.05) is 13.0 Å². The van der Waals surface area contributed by atoms with Gasteiger partial charge in [0.15, 0.2) is 0 Å². The molecule has 0 spiro atoms. The average molecular weight is 260 g/mol. The first-order valence-corrected chi connectivity index (χ1v) is 6.23. The van der Waals surface area contributed by atoms with E-state index in [2.05, 4.69) is 10.3 Å². The fourth-order valence-corrected chi connectivity index (χ4v) is 2.07. The van der Waals surface area contributed by atoms with E-state index >= 15 is 0 Å². The Hall–Kier alpha value is -1.94. The van der Waals surface area contributed by atoms with Gasteiger partial charge in [0.1, 0.15) is 11.6 Å². The Kier molecular flexibility index (Phi) is 4.47. The number of benzene rings is 1. The summed E-state index contributed by atoms with van der Waals surface area (Å²) < 4.78 is 18.4. The van der Waals surface area contributed by atoms with Gasteiger partial charge in [-0.25, -0.2) is 4.39 Å². The topological polar surface area (TPSA) is 34.2 Å². The van der Waals surface area contributed by atoms with Crippen LogP contribution in [-0.2, 0) is 0 Å². The lowest BCUT2D eigenvalue weighted by molar-refractivity contribution is 0.402. The summed E-state index contributed by atoms with van der Waals surface area (Å²) in [4.78, 5) is 4.05. The van der Waals surface area contributed by atoms with Crippen molar-refractivity contribution in [2.45, 2.75) is 13.0 Å². The first kappa shape index (κ1) is 13.5. The van der Waals surface area contributed by atoms with E-state index < -0.39 is 0 Å². The van der Waals surface area contributed by atoms with Gasteiger partial charge in [-0.3, -0.25) is 4.98 Å². The maximum atomic E-state index is 13.0. The molecule has 19 heavy (non-hydrogen) atoms. The number of ether oxygens (including phenoxy) is 1. The molecule has 0 fully saturated rings. The van der Waals surface area contributed by atoms with Crippen LogP contribution in [0.15, 0.2) is 42.7 Å². The molecule has 0 bridgehead atoms. The third-order valence-electron chi connectivity index (χ3n) is 2.96. The maximum absolute atomic E-state index is 13.0. The zero-order chi connectivity index (χ0) is 13.7. The van der Waals surface area contributed by atoms with E-state index in [0.717, 1.165) is 23.4 Å². The van der Waals surface area contributed by atoms with Crippen molar-refractivity contribution in [2.24, 2.45) is 0 Å². The first-order valence-electron chi connectivity index (χ1n) is 6.23. The third kappa shape index (κ3) is 3.09. The fraction of sp³-hybridized carbons (Fsp3) is 0.267. The minimum absolute atomic E-state index is 0.0384. The van der Waals surface area contributed by atoms with Crippen molar-refractivity contribution in [3.8, 4) is 5.75 Å². The highest BCUT2D eigenvalue weighted by Gasteiger charge is 2.17. The molecule has 0 saturated carbocycles. The summed E-state index contributed by atoms with van der Waals surface area (Å²) in [5, 5.41) is 3.38. The van der Waals surface area contributed by atoms with E-state index in [-0.39, 0.29) is 11.9 Å². The molecule has 2 aromatic rings. The minimum Gasteiger partial charge on any atom is -0.495 e. The third-order valence-corrected chi connectivity index (χ3v) is 2.96. The largest absolute Gasteiger partial charge is 0.495 e. The summed E-state index contributed by atoms with van der Waals surface area (Å²) in [5.41, 5.74) is 1.98. The molecule has 0 saturated heterocycles. The number of rotatable bonds is 5. The lowest BCUT2D eigenvalue weighted by Crippen LogP contribution is -2.22. The minimum atomic E-state index is -0.235. The van der Waals surface area contributed by atoms with Crippen LogP contribution in [0.5, 0.6) is 5.75 Å². The van der Waals surface area contributed by atoms with Crippen LogP contribution in [0.1, 0.15) is 24.1 Å². The average Bonchev–Trinajstić information content (AvgIpc) is 2.46. The second-order valence-corrected chi connectivity index (χ2v) is 4.16. The molecular formula is C15H17FN2O. The lowest BCUT2D eigenvalue weighted by atomic mass is 9.99. The van der Waals surface area contributed by atoms with Gasteiger partial charge in [-0.2, -0.15) is 0 Å². The first-order chi connectivity index (χ1) is 9.26. The predicted octanol–water partition coefficient (Wildman–Crippen LogP) is 2.93. The van der Waals surface area contributed by atoms with E-state index in [0.29, 0.717) is 0 Å². The molecular weight excluding hydrogens is 243 g/mol. The molecule has 2 rings (SSSR count). The Morgan fingerprint density at radius 2 is 2.00 bits per heavy atom. The molecule has 0 radical (unpaired) electrons. The molecule has 0 aliphatic rings. The van der Waals surface area contributed by atoms with Crippen LogP contribution in [0.4, 0.5) is 4.39 Å². The van der Waals surface area contributed by atoms with Gasteiger partial charge in [0.2, 0.25) is 0 Å². The number of halogens is 1. The Balaban J connectivity index is 2.42. The highest BCUT2D eigenvalue weighted by molar-refractivity contribution is 5.39. The summed E-state index contributed by atoms with van der Waals surface area (Å²) in [6, 6.07) is 8.37. The number of hydrogen-bond donors (Lipinski definition) is 1. The zero-order valence-electron chi connectivity index (χ0n) is 11.1. The van der Waals surface area contributed by atoms with Gasteiger partial charge in [-0.1, -0.05) is 19.1 Å². The van der Waals surface area contributed by atoms with Crippen molar-refractivity contribution in [3.63, 3.8) is 0 Å². The Morgan fingerprint density at radius 1 is 1.26 bits per heavy atom. The van der Waals surface area contributed by atoms with Gasteiger partial charge in [0, 0.05) is 11.8 Å². The molecule has 1 aromatic carbocycles. The molecule has 3 nitrogen and oxygen atoms in total. The van der Waals surface area contributed by atoms with Crippen molar-refractivity contribution in [3.05, 3.63) is 59.7 Å². The fourth-order valence-electron chi connectivity index (χ4n) is 2.07. The summed E-state index contributed by atoms with van der Waals surface area (Å²) in [5.74, 6) is 0.485. The van der Waals surface area contributed by atoms with Crippen LogP contribution >= 0.6 is 0 Å². The number of nitrogens with one attached hydrogen (secondary N) is 1. The molecule has 1 N–H and O–H groups in total. The van der Waals surface area contributed by atoms with E-state index in [1.54, 1.807) is 31.6 Å². The zero-order valence-corrected chi connectivity index (χ0v) is 11.1. The molecule has 0 aliphatic carbocycles. The van der Waals surface area contributed by atoms with Crippen LogP contribution in [0.3, 0.4) is 0 Å². The summed E-state index contributed by atoms with van der Waals surface area (Å²) in [6.45, 7) is 2.83. The SMILES string of the molecule is CCNC(c1ccc(F)cc1)c1ccncc1OC. The predicted molar refractivity (Wildman–Crippen MR) is 72.7 cm³/mol. The lowest BCUT2D eigenvalue weighted by Gasteiger charge is -2.20. The van der Waals surface area contributed by atoms with Gasteiger partial charge in [-0.05, 0) is 30.3 Å². The van der Waals surface area contributed by atoms with Crippen LogP contribution < -0.4 is 10.1 Å². The van der Waals surface area contributed by atoms with Crippen molar-refractivity contribution >= 4 is 0 Å². The Morgan fingerprint density at radius 3 is 2.63 bits per heavy atom. The summed E-state index contributed by atoms with van der Waals surface area (Å²) in [6.07, 6.45) is 3.41. The maximum Gasteiger partial charge on any atom is 0.142 e. The second-order valence-electron chi connectivity index (χ2n) is 4.16. The van der Waals surface area contributed by atoms with E-state index in [9.17, 15) is 4.39 Å². The van der Waals surface area contributed by atoms with Gasteiger partial charge in [-0.15, -0.1) is 0 Å². The molecule has 1 aromatic heterocycles.